The molecule has 0 aliphatic carbocycles. The second-order valence-electron chi connectivity index (χ2n) is 7.02. The lowest BCUT2D eigenvalue weighted by atomic mass is 10.0. The summed E-state index contributed by atoms with van der Waals surface area (Å²) < 4.78 is 0. The van der Waals surface area contributed by atoms with E-state index in [1.807, 2.05) is 30.3 Å². The Kier molecular flexibility index (Phi) is 8.42. The van der Waals surface area contributed by atoms with E-state index in [-0.39, 0.29) is 11.8 Å². The predicted molar refractivity (Wildman–Crippen MR) is 104 cm³/mol. The number of nitrogens with two attached hydrogens (primary N) is 2. The van der Waals surface area contributed by atoms with E-state index >= 15 is 0 Å². The Morgan fingerprint density at radius 3 is 2.67 bits per heavy atom. The van der Waals surface area contributed by atoms with Gasteiger partial charge in [-0.3, -0.25) is 9.59 Å². The molecule has 0 bridgehead atoms. The summed E-state index contributed by atoms with van der Waals surface area (Å²) in [4.78, 5) is 38.3. The third-order valence-electron chi connectivity index (χ3n) is 4.94. The van der Waals surface area contributed by atoms with Gasteiger partial charge < -0.3 is 26.5 Å². The molecule has 5 N–H and O–H groups in total. The second-order valence-corrected chi connectivity index (χ2v) is 7.02. The standard InChI is InChI=1S/C20H30N4O3/c21-11-5-4-10-18(20(27)24-12-6-9-16(24)14-25)23-19(26)17(22)13-15-7-2-1-3-8-15/h1-3,7-8,14,16-18H,4-6,9-13,21-22H2,(H,23,26)/t16-,17-,18-/m0/s1. The molecule has 148 valence electrons. The Hall–Kier alpha value is -2.25. The number of amides is 2. The van der Waals surface area contributed by atoms with Crippen molar-refractivity contribution in [1.82, 2.24) is 10.2 Å². The maximum absolute atomic E-state index is 12.9. The van der Waals surface area contributed by atoms with Gasteiger partial charge in [-0.05, 0) is 50.6 Å². The Bertz CT molecular complexity index is 623. The van der Waals surface area contributed by atoms with E-state index in [2.05, 4.69) is 5.32 Å². The third-order valence-corrected chi connectivity index (χ3v) is 4.94. The zero-order valence-electron chi connectivity index (χ0n) is 15.7. The number of rotatable bonds is 10. The molecule has 1 aliphatic heterocycles. The lowest BCUT2D eigenvalue weighted by Gasteiger charge is -2.27. The van der Waals surface area contributed by atoms with Gasteiger partial charge in [0, 0.05) is 6.54 Å². The molecule has 0 unspecified atom stereocenters. The van der Waals surface area contributed by atoms with E-state index in [0.29, 0.717) is 32.4 Å². The van der Waals surface area contributed by atoms with E-state index in [1.165, 1.54) is 0 Å². The highest BCUT2D eigenvalue weighted by molar-refractivity contribution is 5.91. The smallest absolute Gasteiger partial charge is 0.245 e. The van der Waals surface area contributed by atoms with Crippen LogP contribution in [0.25, 0.3) is 0 Å². The van der Waals surface area contributed by atoms with Crippen molar-refractivity contribution >= 4 is 18.1 Å². The molecule has 7 heteroatoms. The molecule has 2 rings (SSSR count). The van der Waals surface area contributed by atoms with Crippen LogP contribution in [-0.2, 0) is 20.8 Å². The first-order chi connectivity index (χ1) is 13.1. The molecular weight excluding hydrogens is 344 g/mol. The van der Waals surface area contributed by atoms with Gasteiger partial charge in [0.1, 0.15) is 12.3 Å². The first kappa shape index (κ1) is 21.1. The number of unbranched alkanes of at least 4 members (excludes halogenated alkanes) is 1. The molecule has 1 aliphatic rings. The largest absolute Gasteiger partial charge is 0.343 e. The fourth-order valence-corrected chi connectivity index (χ4v) is 3.40. The van der Waals surface area contributed by atoms with Crippen LogP contribution in [0.2, 0.25) is 0 Å². The van der Waals surface area contributed by atoms with Crippen LogP contribution < -0.4 is 16.8 Å². The van der Waals surface area contributed by atoms with Crippen molar-refractivity contribution in [3.8, 4) is 0 Å². The van der Waals surface area contributed by atoms with Crippen molar-refractivity contribution in [2.24, 2.45) is 11.5 Å². The average molecular weight is 374 g/mol. The zero-order valence-corrected chi connectivity index (χ0v) is 15.7. The Balaban J connectivity index is 2.00. The maximum atomic E-state index is 12.9. The molecule has 7 nitrogen and oxygen atoms in total. The fraction of sp³-hybridized carbons (Fsp3) is 0.550. The number of carbonyl (C=O) groups is 3. The summed E-state index contributed by atoms with van der Waals surface area (Å²) in [5.41, 5.74) is 12.6. The van der Waals surface area contributed by atoms with Crippen molar-refractivity contribution in [2.75, 3.05) is 13.1 Å². The van der Waals surface area contributed by atoms with Gasteiger partial charge in [-0.1, -0.05) is 30.3 Å². The van der Waals surface area contributed by atoms with E-state index in [1.54, 1.807) is 4.90 Å². The van der Waals surface area contributed by atoms with Crippen molar-refractivity contribution in [3.05, 3.63) is 35.9 Å². The number of hydrogen-bond acceptors (Lipinski definition) is 5. The molecule has 2 amide bonds. The molecule has 1 fully saturated rings. The van der Waals surface area contributed by atoms with Gasteiger partial charge in [-0.15, -0.1) is 0 Å². The first-order valence-electron chi connectivity index (χ1n) is 9.62. The average Bonchev–Trinajstić information content (AvgIpc) is 3.16. The minimum atomic E-state index is -0.738. The Morgan fingerprint density at radius 2 is 2.00 bits per heavy atom. The topological polar surface area (TPSA) is 119 Å². The van der Waals surface area contributed by atoms with Crippen molar-refractivity contribution < 1.29 is 14.4 Å². The summed E-state index contributed by atoms with van der Waals surface area (Å²) in [6.07, 6.45) is 4.66. The normalized spacial score (nSPS) is 18.7. The molecule has 3 atom stereocenters. The first-order valence-corrected chi connectivity index (χ1v) is 9.62. The Labute approximate surface area is 160 Å². The lowest BCUT2D eigenvalue weighted by molar-refractivity contribution is -0.139. The van der Waals surface area contributed by atoms with Gasteiger partial charge in [0.15, 0.2) is 0 Å². The van der Waals surface area contributed by atoms with E-state index in [0.717, 1.165) is 31.1 Å². The summed E-state index contributed by atoms with van der Waals surface area (Å²) in [6.45, 7) is 1.07. The number of aldehydes is 1. The molecule has 1 saturated heterocycles. The summed E-state index contributed by atoms with van der Waals surface area (Å²) in [6, 6.07) is 7.71. The summed E-state index contributed by atoms with van der Waals surface area (Å²) in [7, 11) is 0. The SMILES string of the molecule is NCCCC[C@H](NC(=O)[C@@H](N)Cc1ccccc1)C(=O)N1CCC[C@H]1C=O. The molecule has 27 heavy (non-hydrogen) atoms. The fourth-order valence-electron chi connectivity index (χ4n) is 3.40. The van der Waals surface area contributed by atoms with Crippen LogP contribution in [0.3, 0.4) is 0 Å². The highest BCUT2D eigenvalue weighted by Gasteiger charge is 2.34. The van der Waals surface area contributed by atoms with Crippen molar-refractivity contribution in [2.45, 2.75) is 56.7 Å². The summed E-state index contributed by atoms with van der Waals surface area (Å²) in [5, 5.41) is 2.81. The predicted octanol–water partition coefficient (Wildman–Crippen LogP) is 0.360. The van der Waals surface area contributed by atoms with Crippen LogP contribution in [0.1, 0.15) is 37.7 Å². The van der Waals surface area contributed by atoms with Gasteiger partial charge in [0.05, 0.1) is 12.1 Å². The van der Waals surface area contributed by atoms with Crippen LogP contribution in [0.4, 0.5) is 0 Å². The molecule has 1 aromatic carbocycles. The number of carbonyl (C=O) groups excluding carboxylic acids is 3. The lowest BCUT2D eigenvalue weighted by Crippen LogP contribution is -2.54. The maximum Gasteiger partial charge on any atom is 0.245 e. The second kappa shape index (κ2) is 10.8. The number of likely N-dealkylation sites (tertiary alicyclic amines) is 1. The van der Waals surface area contributed by atoms with Crippen LogP contribution in [0.5, 0.6) is 0 Å². The van der Waals surface area contributed by atoms with Crippen LogP contribution in [-0.4, -0.2) is 54.2 Å². The van der Waals surface area contributed by atoms with Crippen molar-refractivity contribution in [3.63, 3.8) is 0 Å². The number of nitrogens with zero attached hydrogens (tertiary/aromatic N) is 1. The van der Waals surface area contributed by atoms with Crippen molar-refractivity contribution in [1.29, 1.82) is 0 Å². The molecule has 1 heterocycles. The zero-order chi connectivity index (χ0) is 19.6. The van der Waals surface area contributed by atoms with Gasteiger partial charge in [0.25, 0.3) is 0 Å². The number of benzene rings is 1. The monoisotopic (exact) mass is 374 g/mol. The molecule has 0 spiro atoms. The molecule has 0 saturated carbocycles. The highest BCUT2D eigenvalue weighted by Crippen LogP contribution is 2.18. The number of hydrogen-bond donors (Lipinski definition) is 3. The van der Waals surface area contributed by atoms with E-state index in [4.69, 9.17) is 11.5 Å². The third kappa shape index (κ3) is 6.15. The number of nitrogens with one attached hydrogen (secondary N) is 1. The minimum Gasteiger partial charge on any atom is -0.343 e. The van der Waals surface area contributed by atoms with E-state index in [9.17, 15) is 14.4 Å². The molecule has 1 aromatic rings. The van der Waals surface area contributed by atoms with Crippen LogP contribution in [0, 0.1) is 0 Å². The molecular formula is C20H30N4O3. The van der Waals surface area contributed by atoms with Crippen LogP contribution >= 0.6 is 0 Å². The molecule has 0 aromatic heterocycles. The minimum absolute atomic E-state index is 0.207. The Morgan fingerprint density at radius 1 is 1.26 bits per heavy atom. The highest BCUT2D eigenvalue weighted by atomic mass is 16.2. The van der Waals surface area contributed by atoms with Gasteiger partial charge in [0.2, 0.25) is 11.8 Å². The van der Waals surface area contributed by atoms with Crippen LogP contribution in [0.15, 0.2) is 30.3 Å². The summed E-state index contributed by atoms with van der Waals surface area (Å²) in [5.74, 6) is -0.561. The molecule has 0 radical (unpaired) electrons. The summed E-state index contributed by atoms with van der Waals surface area (Å²) >= 11 is 0. The van der Waals surface area contributed by atoms with E-state index < -0.39 is 18.1 Å². The van der Waals surface area contributed by atoms with Gasteiger partial charge in [-0.25, -0.2) is 0 Å². The van der Waals surface area contributed by atoms with Gasteiger partial charge in [-0.2, -0.15) is 0 Å². The quantitative estimate of drug-likeness (QED) is 0.404. The van der Waals surface area contributed by atoms with Gasteiger partial charge >= 0.3 is 0 Å².